The Labute approximate surface area is 115 Å². The summed E-state index contributed by atoms with van der Waals surface area (Å²) in [5.41, 5.74) is 8.02. The molecule has 0 aliphatic carbocycles. The van der Waals surface area contributed by atoms with Gasteiger partial charge in [-0.3, -0.25) is 0 Å². The fraction of sp³-hybridized carbons (Fsp3) is 0.294. The summed E-state index contributed by atoms with van der Waals surface area (Å²) in [7, 11) is 0. The SMILES string of the molecule is CC(C)(CN)COc1ccccc1-c1ccccc1. The van der Waals surface area contributed by atoms with E-state index in [1.807, 2.05) is 36.4 Å². The van der Waals surface area contributed by atoms with Crippen LogP contribution in [0.25, 0.3) is 11.1 Å². The number of benzene rings is 2. The number of hydrogen-bond acceptors (Lipinski definition) is 2. The Morgan fingerprint density at radius 2 is 1.58 bits per heavy atom. The van der Waals surface area contributed by atoms with E-state index in [2.05, 4.69) is 32.0 Å². The summed E-state index contributed by atoms with van der Waals surface area (Å²) in [5.74, 6) is 0.912. The lowest BCUT2D eigenvalue weighted by molar-refractivity contribution is 0.188. The van der Waals surface area contributed by atoms with Crippen molar-refractivity contribution in [1.82, 2.24) is 0 Å². The van der Waals surface area contributed by atoms with Gasteiger partial charge in [0.2, 0.25) is 0 Å². The molecule has 0 spiro atoms. The highest BCUT2D eigenvalue weighted by Gasteiger charge is 2.17. The van der Waals surface area contributed by atoms with Crippen LogP contribution in [0.4, 0.5) is 0 Å². The van der Waals surface area contributed by atoms with E-state index in [1.165, 1.54) is 5.56 Å². The average molecular weight is 255 g/mol. The van der Waals surface area contributed by atoms with Crippen molar-refractivity contribution in [3.05, 3.63) is 54.6 Å². The summed E-state index contributed by atoms with van der Waals surface area (Å²) in [5, 5.41) is 0. The molecule has 2 aromatic carbocycles. The zero-order valence-electron chi connectivity index (χ0n) is 11.6. The van der Waals surface area contributed by atoms with Crippen molar-refractivity contribution in [1.29, 1.82) is 0 Å². The first kappa shape index (κ1) is 13.6. The molecule has 100 valence electrons. The molecular formula is C17H21NO. The lowest BCUT2D eigenvalue weighted by Gasteiger charge is -2.23. The van der Waals surface area contributed by atoms with Crippen molar-refractivity contribution in [2.24, 2.45) is 11.1 Å². The highest BCUT2D eigenvalue weighted by atomic mass is 16.5. The standard InChI is InChI=1S/C17H21NO/c1-17(2,12-18)13-19-16-11-7-6-10-15(16)14-8-4-3-5-9-14/h3-11H,12-13,18H2,1-2H3. The molecular weight excluding hydrogens is 234 g/mol. The average Bonchev–Trinajstić information content (AvgIpc) is 2.46. The van der Waals surface area contributed by atoms with Crippen molar-refractivity contribution >= 4 is 0 Å². The van der Waals surface area contributed by atoms with Gasteiger partial charge < -0.3 is 10.5 Å². The first-order chi connectivity index (χ1) is 9.12. The quantitative estimate of drug-likeness (QED) is 0.883. The molecule has 2 nitrogen and oxygen atoms in total. The monoisotopic (exact) mass is 255 g/mol. The molecule has 19 heavy (non-hydrogen) atoms. The van der Waals surface area contributed by atoms with Gasteiger partial charge in [-0.25, -0.2) is 0 Å². The number of ether oxygens (including phenoxy) is 1. The molecule has 2 aromatic rings. The molecule has 0 aliphatic rings. The maximum atomic E-state index is 5.97. The number of nitrogens with two attached hydrogens (primary N) is 1. The Morgan fingerprint density at radius 3 is 2.26 bits per heavy atom. The Morgan fingerprint density at radius 1 is 0.947 bits per heavy atom. The van der Waals surface area contributed by atoms with Gasteiger partial charge in [-0.2, -0.15) is 0 Å². The maximum Gasteiger partial charge on any atom is 0.127 e. The van der Waals surface area contributed by atoms with Gasteiger partial charge in [0.15, 0.2) is 0 Å². The summed E-state index contributed by atoms with van der Waals surface area (Å²) in [6.07, 6.45) is 0. The lowest BCUT2D eigenvalue weighted by Crippen LogP contribution is -2.30. The molecule has 0 heterocycles. The highest BCUT2D eigenvalue weighted by Crippen LogP contribution is 2.30. The first-order valence-electron chi connectivity index (χ1n) is 6.60. The summed E-state index contributed by atoms with van der Waals surface area (Å²) in [6, 6.07) is 18.4. The summed E-state index contributed by atoms with van der Waals surface area (Å²) >= 11 is 0. The van der Waals surface area contributed by atoms with Crippen LogP contribution in [-0.4, -0.2) is 13.2 Å². The zero-order chi connectivity index (χ0) is 13.7. The van der Waals surface area contributed by atoms with Gasteiger partial charge in [-0.15, -0.1) is 0 Å². The minimum absolute atomic E-state index is 0.0101. The molecule has 2 rings (SSSR count). The van der Waals surface area contributed by atoms with Gasteiger partial charge in [0.1, 0.15) is 5.75 Å². The molecule has 0 atom stereocenters. The molecule has 0 saturated heterocycles. The molecule has 0 unspecified atom stereocenters. The topological polar surface area (TPSA) is 35.2 Å². The minimum atomic E-state index is -0.0101. The van der Waals surface area contributed by atoms with Gasteiger partial charge in [0.25, 0.3) is 0 Å². The van der Waals surface area contributed by atoms with Crippen molar-refractivity contribution in [3.63, 3.8) is 0 Å². The summed E-state index contributed by atoms with van der Waals surface area (Å²) in [4.78, 5) is 0. The van der Waals surface area contributed by atoms with Crippen LogP contribution in [-0.2, 0) is 0 Å². The molecule has 0 fully saturated rings. The Hall–Kier alpha value is -1.80. The van der Waals surface area contributed by atoms with Crippen LogP contribution < -0.4 is 10.5 Å². The normalized spacial score (nSPS) is 11.3. The fourth-order valence-corrected chi connectivity index (χ4v) is 1.78. The van der Waals surface area contributed by atoms with E-state index in [1.54, 1.807) is 0 Å². The van der Waals surface area contributed by atoms with Crippen LogP contribution in [0.15, 0.2) is 54.6 Å². The molecule has 0 aromatic heterocycles. The van der Waals surface area contributed by atoms with Crippen molar-refractivity contribution < 1.29 is 4.74 Å². The minimum Gasteiger partial charge on any atom is -0.492 e. The largest absolute Gasteiger partial charge is 0.492 e. The van der Waals surface area contributed by atoms with Gasteiger partial charge in [-0.1, -0.05) is 62.4 Å². The Kier molecular flexibility index (Phi) is 4.23. The predicted molar refractivity (Wildman–Crippen MR) is 80.2 cm³/mol. The third-order valence-electron chi connectivity index (χ3n) is 3.14. The Balaban J connectivity index is 2.23. The van der Waals surface area contributed by atoms with Crippen LogP contribution in [0, 0.1) is 5.41 Å². The third kappa shape index (κ3) is 3.58. The van der Waals surface area contributed by atoms with E-state index in [9.17, 15) is 0 Å². The molecule has 0 radical (unpaired) electrons. The first-order valence-corrected chi connectivity index (χ1v) is 6.60. The van der Waals surface area contributed by atoms with Crippen LogP contribution in [0.5, 0.6) is 5.75 Å². The predicted octanol–water partition coefficient (Wildman–Crippen LogP) is 3.72. The molecule has 0 aliphatic heterocycles. The van der Waals surface area contributed by atoms with Gasteiger partial charge in [-0.05, 0) is 11.6 Å². The van der Waals surface area contributed by atoms with E-state index in [0.29, 0.717) is 13.2 Å². The van der Waals surface area contributed by atoms with Crippen LogP contribution >= 0.6 is 0 Å². The van der Waals surface area contributed by atoms with E-state index in [0.717, 1.165) is 11.3 Å². The van der Waals surface area contributed by atoms with Crippen LogP contribution in [0.3, 0.4) is 0 Å². The number of hydrogen-bond donors (Lipinski definition) is 1. The highest BCUT2D eigenvalue weighted by molar-refractivity contribution is 5.70. The van der Waals surface area contributed by atoms with Crippen LogP contribution in [0.1, 0.15) is 13.8 Å². The van der Waals surface area contributed by atoms with Crippen molar-refractivity contribution in [2.45, 2.75) is 13.8 Å². The smallest absolute Gasteiger partial charge is 0.127 e. The van der Waals surface area contributed by atoms with Gasteiger partial charge in [0.05, 0.1) is 6.61 Å². The summed E-state index contributed by atoms with van der Waals surface area (Å²) < 4.78 is 5.97. The molecule has 2 N–H and O–H groups in total. The Bertz CT molecular complexity index is 520. The molecule has 2 heteroatoms. The molecule has 0 saturated carbocycles. The second kappa shape index (κ2) is 5.89. The lowest BCUT2D eigenvalue weighted by atomic mass is 9.95. The number of para-hydroxylation sites is 1. The van der Waals surface area contributed by atoms with Crippen LogP contribution in [0.2, 0.25) is 0 Å². The molecule has 0 amide bonds. The van der Waals surface area contributed by atoms with Crippen molar-refractivity contribution in [3.8, 4) is 16.9 Å². The summed E-state index contributed by atoms with van der Waals surface area (Å²) in [6.45, 7) is 5.45. The maximum absolute atomic E-state index is 5.97. The van der Waals surface area contributed by atoms with E-state index >= 15 is 0 Å². The van der Waals surface area contributed by atoms with E-state index in [4.69, 9.17) is 10.5 Å². The zero-order valence-corrected chi connectivity index (χ0v) is 11.6. The van der Waals surface area contributed by atoms with Crippen molar-refractivity contribution in [2.75, 3.05) is 13.2 Å². The van der Waals surface area contributed by atoms with E-state index < -0.39 is 0 Å². The molecule has 0 bridgehead atoms. The van der Waals surface area contributed by atoms with Gasteiger partial charge >= 0.3 is 0 Å². The van der Waals surface area contributed by atoms with E-state index in [-0.39, 0.29) is 5.41 Å². The second-order valence-corrected chi connectivity index (χ2v) is 5.52. The second-order valence-electron chi connectivity index (χ2n) is 5.52. The number of rotatable bonds is 5. The fourth-order valence-electron chi connectivity index (χ4n) is 1.78. The van der Waals surface area contributed by atoms with Gasteiger partial charge in [0, 0.05) is 17.5 Å². The third-order valence-corrected chi connectivity index (χ3v) is 3.14.